The molecule has 3 amide bonds. The van der Waals surface area contributed by atoms with E-state index in [0.29, 0.717) is 29.8 Å². The van der Waals surface area contributed by atoms with Crippen molar-refractivity contribution in [1.82, 2.24) is 15.5 Å². The zero-order valence-corrected chi connectivity index (χ0v) is 25.8. The lowest BCUT2D eigenvalue weighted by Crippen LogP contribution is -2.54. The van der Waals surface area contributed by atoms with Gasteiger partial charge in [-0.1, -0.05) is 57.1 Å². The first-order valence-electron chi connectivity index (χ1n) is 14.1. The van der Waals surface area contributed by atoms with E-state index in [1.165, 1.54) is 6.42 Å². The number of ether oxygens (including phenoxy) is 1. The maximum atomic E-state index is 14.2. The van der Waals surface area contributed by atoms with Crippen molar-refractivity contribution in [2.75, 3.05) is 18.6 Å². The minimum atomic E-state index is -0.861. The number of benzene rings is 1. The first kappa shape index (κ1) is 34.4. The Morgan fingerprint density at radius 3 is 2.18 bits per heavy atom. The van der Waals surface area contributed by atoms with Gasteiger partial charge in [-0.05, 0) is 77.2 Å². The molecule has 2 unspecified atom stereocenters. The average Bonchev–Trinajstić information content (AvgIpc) is 2.86. The Balaban J connectivity index is 3.42. The molecule has 0 saturated heterocycles. The van der Waals surface area contributed by atoms with Gasteiger partial charge in [0.25, 0.3) is 0 Å². The summed E-state index contributed by atoms with van der Waals surface area (Å²) in [5, 5.41) is 5.78. The van der Waals surface area contributed by atoms with Crippen molar-refractivity contribution in [3.8, 4) is 12.3 Å². The first-order valence-corrected chi connectivity index (χ1v) is 15.5. The summed E-state index contributed by atoms with van der Waals surface area (Å²) in [6.07, 6.45) is 13.5. The van der Waals surface area contributed by atoms with Gasteiger partial charge in [0.15, 0.2) is 0 Å². The Bertz CT molecular complexity index is 935. The lowest BCUT2D eigenvalue weighted by molar-refractivity contribution is -0.142. The van der Waals surface area contributed by atoms with E-state index >= 15 is 0 Å². The van der Waals surface area contributed by atoms with E-state index in [-0.39, 0.29) is 17.9 Å². The highest BCUT2D eigenvalue weighted by atomic mass is 32.2. The van der Waals surface area contributed by atoms with Crippen LogP contribution in [-0.4, -0.2) is 59.0 Å². The maximum Gasteiger partial charge on any atom is 0.408 e. The van der Waals surface area contributed by atoms with E-state index in [0.717, 1.165) is 32.1 Å². The van der Waals surface area contributed by atoms with Crippen LogP contribution in [0, 0.1) is 12.3 Å². The highest BCUT2D eigenvalue weighted by Crippen LogP contribution is 2.25. The van der Waals surface area contributed by atoms with Crippen LogP contribution in [0.4, 0.5) is 4.79 Å². The van der Waals surface area contributed by atoms with Crippen molar-refractivity contribution in [3.63, 3.8) is 0 Å². The summed E-state index contributed by atoms with van der Waals surface area (Å²) in [4.78, 5) is 42.1. The third-order valence-electron chi connectivity index (χ3n) is 6.02. The molecule has 0 heterocycles. The summed E-state index contributed by atoms with van der Waals surface area (Å²) in [5.41, 5.74) is 0.667. The van der Waals surface area contributed by atoms with E-state index in [1.54, 1.807) is 61.7 Å². The molecule has 2 atom stereocenters. The van der Waals surface area contributed by atoms with Crippen molar-refractivity contribution >= 4 is 29.7 Å². The van der Waals surface area contributed by atoms with Crippen molar-refractivity contribution < 1.29 is 19.1 Å². The van der Waals surface area contributed by atoms with Gasteiger partial charge in [0.1, 0.15) is 17.7 Å². The lowest BCUT2D eigenvalue weighted by Gasteiger charge is -2.35. The van der Waals surface area contributed by atoms with Gasteiger partial charge in [0.05, 0.1) is 0 Å². The fourth-order valence-electron chi connectivity index (χ4n) is 4.17. The van der Waals surface area contributed by atoms with Crippen LogP contribution in [0.3, 0.4) is 0 Å². The van der Waals surface area contributed by atoms with Crippen LogP contribution in [0.1, 0.15) is 104 Å². The molecular weight excluding hydrogens is 510 g/mol. The Morgan fingerprint density at radius 1 is 1.03 bits per heavy atom. The molecule has 7 nitrogen and oxygen atoms in total. The Morgan fingerprint density at radius 2 is 1.64 bits per heavy atom. The van der Waals surface area contributed by atoms with Crippen molar-refractivity contribution in [3.05, 3.63) is 35.4 Å². The molecule has 0 fully saturated rings. The summed E-state index contributed by atoms with van der Waals surface area (Å²) in [5.74, 6) is 2.70. The van der Waals surface area contributed by atoms with E-state index in [1.807, 2.05) is 20.1 Å². The summed E-state index contributed by atoms with van der Waals surface area (Å²) >= 11 is 1.59. The number of hydrogen-bond acceptors (Lipinski definition) is 5. The Hall–Kier alpha value is -2.66. The molecule has 0 aliphatic heterocycles. The smallest absolute Gasteiger partial charge is 0.408 e. The van der Waals surface area contributed by atoms with Crippen molar-refractivity contribution in [2.24, 2.45) is 0 Å². The number of rotatable bonds is 16. The molecule has 0 spiro atoms. The zero-order valence-electron chi connectivity index (χ0n) is 25.0. The van der Waals surface area contributed by atoms with Gasteiger partial charge in [-0.2, -0.15) is 11.8 Å². The fraction of sp³-hybridized carbons (Fsp3) is 0.645. The van der Waals surface area contributed by atoms with Gasteiger partial charge in [-0.25, -0.2) is 4.79 Å². The lowest BCUT2D eigenvalue weighted by atomic mass is 10.00. The predicted molar refractivity (Wildman–Crippen MR) is 162 cm³/mol. The second-order valence-corrected chi connectivity index (χ2v) is 12.1. The van der Waals surface area contributed by atoms with Gasteiger partial charge in [0.2, 0.25) is 11.8 Å². The van der Waals surface area contributed by atoms with E-state index in [9.17, 15) is 14.4 Å². The van der Waals surface area contributed by atoms with Gasteiger partial charge < -0.3 is 20.3 Å². The van der Waals surface area contributed by atoms with Crippen LogP contribution in [-0.2, 0) is 14.3 Å². The number of nitrogens with zero attached hydrogens (tertiary/aromatic N) is 1. The molecule has 1 aromatic carbocycles. The summed E-state index contributed by atoms with van der Waals surface area (Å²) in [6.45, 7) is 11.7. The van der Waals surface area contributed by atoms with Crippen molar-refractivity contribution in [2.45, 2.75) is 110 Å². The first-order chi connectivity index (χ1) is 18.4. The van der Waals surface area contributed by atoms with Crippen LogP contribution >= 0.6 is 11.8 Å². The predicted octanol–water partition coefficient (Wildman–Crippen LogP) is 6.07. The van der Waals surface area contributed by atoms with Crippen molar-refractivity contribution in [1.29, 1.82) is 0 Å². The molecule has 8 heteroatoms. The SMILES string of the molecule is C#Cc1ccc(C(C(=O)NC(C)C)N(CCCCCCCC)C(=O)C(CCSC)NC(=O)OC(C)(C)C)cc1. The second-order valence-electron chi connectivity index (χ2n) is 11.1. The van der Waals surface area contributed by atoms with Gasteiger partial charge >= 0.3 is 6.09 Å². The number of terminal acetylenes is 1. The largest absolute Gasteiger partial charge is 0.444 e. The Kier molecular flexibility index (Phi) is 15.7. The summed E-state index contributed by atoms with van der Waals surface area (Å²) < 4.78 is 5.46. The third-order valence-corrected chi connectivity index (χ3v) is 6.66. The average molecular weight is 560 g/mol. The molecule has 0 bridgehead atoms. The normalized spacial score (nSPS) is 12.8. The number of thioether (sulfide) groups is 1. The number of nitrogens with one attached hydrogen (secondary N) is 2. The molecule has 0 aliphatic rings. The van der Waals surface area contributed by atoms with Crippen LogP contribution in [0.25, 0.3) is 0 Å². The maximum absolute atomic E-state index is 14.2. The van der Waals surface area contributed by atoms with Crippen LogP contribution in [0.2, 0.25) is 0 Å². The highest BCUT2D eigenvalue weighted by Gasteiger charge is 2.36. The second kappa shape index (κ2) is 17.8. The number of unbranched alkanes of at least 4 members (excludes halogenated alkanes) is 5. The molecule has 0 saturated carbocycles. The monoisotopic (exact) mass is 559 g/mol. The van der Waals surface area contributed by atoms with Gasteiger partial charge in [-0.15, -0.1) is 6.42 Å². The molecule has 0 aliphatic carbocycles. The molecule has 1 aromatic rings. The molecule has 2 N–H and O–H groups in total. The van der Waals surface area contributed by atoms with E-state index < -0.39 is 23.8 Å². The standard InChI is InChI=1S/C31H49N3O4S/c1-9-11-12-13-14-15-21-34(29(36)26(20-22-39-8)33-30(37)38-31(5,6)7)27(28(35)32-23(3)4)25-18-16-24(10-2)17-19-25/h2,16-19,23,26-27H,9,11-15,20-22H2,1,3-8H3,(H,32,35)(H,33,37). The number of carbonyl (C=O) groups is 3. The Labute approximate surface area is 240 Å². The molecular formula is C31H49N3O4S. The highest BCUT2D eigenvalue weighted by molar-refractivity contribution is 7.98. The van der Waals surface area contributed by atoms with Gasteiger partial charge in [-0.3, -0.25) is 9.59 Å². The molecule has 218 valence electrons. The molecule has 1 rings (SSSR count). The fourth-order valence-corrected chi connectivity index (χ4v) is 4.64. The van der Waals surface area contributed by atoms with Gasteiger partial charge in [0, 0.05) is 18.2 Å². The van der Waals surface area contributed by atoms with Crippen LogP contribution < -0.4 is 10.6 Å². The van der Waals surface area contributed by atoms with Crippen LogP contribution in [0.5, 0.6) is 0 Å². The summed E-state index contributed by atoms with van der Waals surface area (Å²) in [7, 11) is 0. The van der Waals surface area contributed by atoms with E-state index in [4.69, 9.17) is 11.2 Å². The van der Waals surface area contributed by atoms with Crippen LogP contribution in [0.15, 0.2) is 24.3 Å². The number of amides is 3. The molecule has 0 aromatic heterocycles. The minimum absolute atomic E-state index is 0.108. The molecule has 39 heavy (non-hydrogen) atoms. The number of hydrogen-bond donors (Lipinski definition) is 2. The minimum Gasteiger partial charge on any atom is -0.444 e. The summed E-state index contributed by atoms with van der Waals surface area (Å²) in [6, 6.07) is 5.37. The molecule has 0 radical (unpaired) electrons. The number of carbonyl (C=O) groups excluding carboxylic acids is 3. The topological polar surface area (TPSA) is 87.7 Å². The third kappa shape index (κ3) is 13.3. The number of alkyl carbamates (subject to hydrolysis) is 1. The zero-order chi connectivity index (χ0) is 29.4. The van der Waals surface area contributed by atoms with E-state index in [2.05, 4.69) is 23.5 Å². The quantitative estimate of drug-likeness (QED) is 0.190.